The van der Waals surface area contributed by atoms with Gasteiger partial charge in [0.2, 0.25) is 26.0 Å². The maximum absolute atomic E-state index is 13.1. The molecule has 0 spiro atoms. The fourth-order valence-corrected chi connectivity index (χ4v) is 5.61. The number of hydrogen-bond donors (Lipinski definition) is 1. The summed E-state index contributed by atoms with van der Waals surface area (Å²) in [6.45, 7) is 0.375. The molecule has 8 nitrogen and oxygen atoms in total. The average Bonchev–Trinajstić information content (AvgIpc) is 2.74. The largest absolute Gasteiger partial charge is 0.326 e. The quantitative estimate of drug-likeness (QED) is 0.651. The van der Waals surface area contributed by atoms with Crippen molar-refractivity contribution in [1.82, 2.24) is 4.31 Å². The van der Waals surface area contributed by atoms with Crippen LogP contribution < -0.4 is 9.62 Å². The monoisotopic (exact) mass is 483 g/mol. The van der Waals surface area contributed by atoms with Gasteiger partial charge in [0.05, 0.1) is 23.6 Å². The molecule has 0 aromatic heterocycles. The number of carbonyl (C=O) groups is 1. The fourth-order valence-electron chi connectivity index (χ4n) is 3.51. The molecule has 0 unspecified atom stereocenters. The average molecular weight is 484 g/mol. The number of sulfonamides is 2. The number of benzene rings is 2. The van der Waals surface area contributed by atoms with Gasteiger partial charge in [-0.15, -0.1) is 0 Å². The Morgan fingerprint density at radius 2 is 1.84 bits per heavy atom. The Balaban J connectivity index is 1.67. The molecule has 1 atom stereocenters. The maximum Gasteiger partial charge on any atom is 0.231 e. The van der Waals surface area contributed by atoms with Crippen molar-refractivity contribution in [2.45, 2.75) is 18.6 Å². The molecule has 2 aromatic carbocycles. The molecular formula is C21H26FN3O5S2. The predicted octanol–water partition coefficient (Wildman–Crippen LogP) is 2.40. The van der Waals surface area contributed by atoms with E-state index >= 15 is 0 Å². The smallest absolute Gasteiger partial charge is 0.231 e. The Morgan fingerprint density at radius 3 is 2.50 bits per heavy atom. The van der Waals surface area contributed by atoms with Crippen molar-refractivity contribution < 1.29 is 26.0 Å². The standard InChI is InChI=1S/C21H26FN3O5S2/c1-24(31(2,27)28)20-7-3-6-19(13-20)23-21(26)17-5-4-12-25(14-17)32(29,30)15-16-8-10-18(22)11-9-16/h3,6-11,13,17H,4-5,12,14-15H2,1-2H3,(H,23,26)/t17-/m1/s1. The minimum Gasteiger partial charge on any atom is -0.326 e. The molecule has 32 heavy (non-hydrogen) atoms. The zero-order chi connectivity index (χ0) is 23.5. The summed E-state index contributed by atoms with van der Waals surface area (Å²) in [6.07, 6.45) is 2.16. The van der Waals surface area contributed by atoms with E-state index in [-0.39, 0.29) is 18.2 Å². The van der Waals surface area contributed by atoms with E-state index in [4.69, 9.17) is 0 Å². The highest BCUT2D eigenvalue weighted by molar-refractivity contribution is 7.92. The molecule has 11 heteroatoms. The van der Waals surface area contributed by atoms with Crippen molar-refractivity contribution in [2.75, 3.05) is 36.0 Å². The van der Waals surface area contributed by atoms with E-state index in [1.54, 1.807) is 24.3 Å². The van der Waals surface area contributed by atoms with Gasteiger partial charge in [-0.1, -0.05) is 18.2 Å². The number of nitrogens with one attached hydrogen (secondary N) is 1. The van der Waals surface area contributed by atoms with Crippen molar-refractivity contribution in [3.63, 3.8) is 0 Å². The molecule has 1 saturated heterocycles. The topological polar surface area (TPSA) is 104 Å². The zero-order valence-electron chi connectivity index (χ0n) is 17.9. The van der Waals surface area contributed by atoms with Crippen LogP contribution >= 0.6 is 0 Å². The minimum atomic E-state index is -3.67. The summed E-state index contributed by atoms with van der Waals surface area (Å²) >= 11 is 0. The van der Waals surface area contributed by atoms with Gasteiger partial charge in [-0.25, -0.2) is 25.5 Å². The second-order valence-corrected chi connectivity index (χ2v) is 11.8. The molecule has 0 saturated carbocycles. The molecular weight excluding hydrogens is 457 g/mol. The van der Waals surface area contributed by atoms with Crippen LogP contribution in [0, 0.1) is 11.7 Å². The van der Waals surface area contributed by atoms with Crippen molar-refractivity contribution in [3.8, 4) is 0 Å². The predicted molar refractivity (Wildman–Crippen MR) is 122 cm³/mol. The normalized spacial score (nSPS) is 17.7. The number of anilines is 2. The summed E-state index contributed by atoms with van der Waals surface area (Å²) in [5, 5.41) is 2.76. The molecule has 0 aliphatic carbocycles. The summed E-state index contributed by atoms with van der Waals surface area (Å²) in [7, 11) is -5.69. The molecule has 0 bridgehead atoms. The van der Waals surface area contributed by atoms with Crippen LogP contribution in [0.4, 0.5) is 15.8 Å². The molecule has 1 heterocycles. The van der Waals surface area contributed by atoms with Crippen LogP contribution in [0.2, 0.25) is 0 Å². The Hall–Kier alpha value is -2.50. The van der Waals surface area contributed by atoms with Crippen molar-refractivity contribution in [3.05, 3.63) is 59.9 Å². The summed E-state index contributed by atoms with van der Waals surface area (Å²) in [5.74, 6) is -1.57. The van der Waals surface area contributed by atoms with Crippen molar-refractivity contribution >= 4 is 37.3 Å². The Bertz CT molecular complexity index is 1180. The highest BCUT2D eigenvalue weighted by Gasteiger charge is 2.32. The number of halogens is 1. The van der Waals surface area contributed by atoms with E-state index in [2.05, 4.69) is 5.32 Å². The van der Waals surface area contributed by atoms with Crippen LogP contribution in [-0.2, 0) is 30.6 Å². The van der Waals surface area contributed by atoms with Crippen LogP contribution in [0.1, 0.15) is 18.4 Å². The van der Waals surface area contributed by atoms with E-state index in [1.807, 2.05) is 0 Å². The number of rotatable bonds is 7. The first-order valence-electron chi connectivity index (χ1n) is 10.0. The van der Waals surface area contributed by atoms with Crippen molar-refractivity contribution in [2.24, 2.45) is 5.92 Å². The molecule has 0 radical (unpaired) electrons. The van der Waals surface area contributed by atoms with Crippen LogP contribution in [0.15, 0.2) is 48.5 Å². The molecule has 2 aromatic rings. The molecule has 1 fully saturated rings. The second kappa shape index (κ2) is 9.55. The number of piperidine rings is 1. The molecule has 3 rings (SSSR count). The van der Waals surface area contributed by atoms with E-state index in [0.717, 1.165) is 10.6 Å². The van der Waals surface area contributed by atoms with Gasteiger partial charge in [-0.2, -0.15) is 0 Å². The molecule has 1 N–H and O–H groups in total. The van der Waals surface area contributed by atoms with Gasteiger partial charge >= 0.3 is 0 Å². The van der Waals surface area contributed by atoms with Crippen LogP contribution in [0.5, 0.6) is 0 Å². The number of hydrogen-bond acceptors (Lipinski definition) is 5. The minimum absolute atomic E-state index is 0.0539. The third-order valence-electron chi connectivity index (χ3n) is 5.39. The Kier molecular flexibility index (Phi) is 7.21. The zero-order valence-corrected chi connectivity index (χ0v) is 19.5. The van der Waals surface area contributed by atoms with Gasteiger partial charge < -0.3 is 5.32 Å². The van der Waals surface area contributed by atoms with Gasteiger partial charge in [-0.05, 0) is 48.7 Å². The highest BCUT2D eigenvalue weighted by atomic mass is 32.2. The summed E-state index contributed by atoms with van der Waals surface area (Å²) in [6, 6.07) is 11.7. The highest BCUT2D eigenvalue weighted by Crippen LogP contribution is 2.25. The Morgan fingerprint density at radius 1 is 1.16 bits per heavy atom. The van der Waals surface area contributed by atoms with Crippen LogP contribution in [-0.4, -0.2) is 53.4 Å². The second-order valence-electron chi connectivity index (χ2n) is 7.85. The number of carbonyl (C=O) groups excluding carboxylic acids is 1. The lowest BCUT2D eigenvalue weighted by Crippen LogP contribution is -2.44. The number of nitrogens with zero attached hydrogens (tertiary/aromatic N) is 2. The van der Waals surface area contributed by atoms with Crippen LogP contribution in [0.25, 0.3) is 0 Å². The third-order valence-corrected chi connectivity index (χ3v) is 8.41. The lowest BCUT2D eigenvalue weighted by molar-refractivity contribution is -0.120. The van der Waals surface area contributed by atoms with Gasteiger partial charge in [0.1, 0.15) is 5.82 Å². The van der Waals surface area contributed by atoms with Gasteiger partial charge in [-0.3, -0.25) is 9.10 Å². The number of amides is 1. The van der Waals surface area contributed by atoms with E-state index < -0.39 is 31.8 Å². The third kappa shape index (κ3) is 6.05. The maximum atomic E-state index is 13.1. The van der Waals surface area contributed by atoms with E-state index in [1.165, 1.54) is 35.6 Å². The van der Waals surface area contributed by atoms with Crippen LogP contribution in [0.3, 0.4) is 0 Å². The van der Waals surface area contributed by atoms with Gasteiger partial charge in [0.15, 0.2) is 0 Å². The summed E-state index contributed by atoms with van der Waals surface area (Å²) < 4.78 is 64.6. The lowest BCUT2D eigenvalue weighted by Gasteiger charge is -2.31. The Labute approximate surface area is 188 Å². The first-order valence-corrected chi connectivity index (χ1v) is 13.5. The lowest BCUT2D eigenvalue weighted by atomic mass is 9.98. The van der Waals surface area contributed by atoms with Crippen molar-refractivity contribution in [1.29, 1.82) is 0 Å². The molecule has 174 valence electrons. The molecule has 1 aliphatic rings. The van der Waals surface area contributed by atoms with E-state index in [0.29, 0.717) is 36.3 Å². The molecule has 1 aliphatic heterocycles. The summed E-state index contributed by atoms with van der Waals surface area (Å²) in [4.78, 5) is 12.8. The SMILES string of the molecule is CN(c1cccc(NC(=O)[C@@H]2CCCN(S(=O)(=O)Cc3ccc(F)cc3)C2)c1)S(C)(=O)=O. The van der Waals surface area contributed by atoms with Gasteiger partial charge in [0.25, 0.3) is 0 Å². The first kappa shape index (κ1) is 24.1. The van der Waals surface area contributed by atoms with Gasteiger partial charge in [0, 0.05) is 25.8 Å². The summed E-state index contributed by atoms with van der Waals surface area (Å²) in [5.41, 5.74) is 1.30. The fraction of sp³-hybridized carbons (Fsp3) is 0.381. The van der Waals surface area contributed by atoms with E-state index in [9.17, 15) is 26.0 Å². The molecule has 1 amide bonds. The first-order chi connectivity index (χ1) is 15.0.